The van der Waals surface area contributed by atoms with Crippen LogP contribution in [0.5, 0.6) is 0 Å². The van der Waals surface area contributed by atoms with Gasteiger partial charge in [-0.15, -0.1) is 0 Å². The normalized spacial score (nSPS) is 10.7. The van der Waals surface area contributed by atoms with E-state index in [0.717, 1.165) is 37.4 Å². The van der Waals surface area contributed by atoms with Crippen molar-refractivity contribution in [2.45, 2.75) is 26.4 Å². The van der Waals surface area contributed by atoms with Gasteiger partial charge in [0.25, 0.3) is 0 Å². The molecule has 0 aliphatic rings. The molecule has 0 saturated carbocycles. The second-order valence-electron chi connectivity index (χ2n) is 5.97. The van der Waals surface area contributed by atoms with Gasteiger partial charge in [-0.3, -0.25) is 9.36 Å². The minimum absolute atomic E-state index is 0.582. The van der Waals surface area contributed by atoms with Gasteiger partial charge in [-0.1, -0.05) is 41.9 Å². The van der Waals surface area contributed by atoms with E-state index in [4.69, 9.17) is 23.8 Å². The minimum atomic E-state index is 0.582. The molecule has 6 nitrogen and oxygen atoms in total. The molecule has 2 N–H and O–H groups in total. The number of nitrogens with zero attached hydrogens (tertiary/aromatic N) is 4. The second kappa shape index (κ2) is 8.82. The monoisotopic (exact) mass is 388 g/mol. The molecule has 0 fully saturated rings. The Kier molecular flexibility index (Phi) is 6.25. The summed E-state index contributed by atoms with van der Waals surface area (Å²) in [4.78, 5) is 0. The van der Waals surface area contributed by atoms with Crippen molar-refractivity contribution in [3.8, 4) is 0 Å². The van der Waals surface area contributed by atoms with Gasteiger partial charge in [0.15, 0.2) is 5.11 Å². The summed E-state index contributed by atoms with van der Waals surface area (Å²) >= 11 is 11.3. The molecule has 0 atom stereocenters. The van der Waals surface area contributed by atoms with Gasteiger partial charge in [0.05, 0.1) is 29.1 Å². The van der Waals surface area contributed by atoms with Gasteiger partial charge in [0.1, 0.15) is 0 Å². The van der Waals surface area contributed by atoms with E-state index in [1.807, 2.05) is 46.9 Å². The third kappa shape index (κ3) is 5.31. The Balaban J connectivity index is 1.39. The molecule has 3 rings (SSSR count). The van der Waals surface area contributed by atoms with Gasteiger partial charge in [-0.25, -0.2) is 0 Å². The van der Waals surface area contributed by atoms with Gasteiger partial charge >= 0.3 is 0 Å². The summed E-state index contributed by atoms with van der Waals surface area (Å²) in [6, 6.07) is 10.2. The molecule has 0 bridgehead atoms. The number of hydrogen-bond acceptors (Lipinski definition) is 3. The number of aromatic nitrogens is 4. The van der Waals surface area contributed by atoms with Crippen LogP contribution in [0.15, 0.2) is 48.9 Å². The number of rotatable bonds is 7. The maximum absolute atomic E-state index is 6.00. The topological polar surface area (TPSA) is 59.7 Å². The first-order valence-corrected chi connectivity index (χ1v) is 9.19. The van der Waals surface area contributed by atoms with Crippen molar-refractivity contribution in [1.82, 2.24) is 24.9 Å². The summed E-state index contributed by atoms with van der Waals surface area (Å²) in [5.41, 5.74) is 2.93. The van der Waals surface area contributed by atoms with Crippen LogP contribution in [0.2, 0.25) is 5.02 Å². The molecule has 0 aliphatic heterocycles. The molecule has 1 aromatic carbocycles. The molecule has 26 heavy (non-hydrogen) atoms. The smallest absolute Gasteiger partial charge is 0.170 e. The Labute approximate surface area is 163 Å². The fraction of sp³-hybridized carbons (Fsp3) is 0.278. The SMILES string of the molecule is Cc1nn(CCCNC(=S)Nc2cnn(Cc3ccccc3)c2)cc1Cl. The highest BCUT2D eigenvalue weighted by Gasteiger charge is 2.03. The largest absolute Gasteiger partial charge is 0.362 e. The summed E-state index contributed by atoms with van der Waals surface area (Å²) < 4.78 is 3.73. The van der Waals surface area contributed by atoms with Crippen LogP contribution in [0, 0.1) is 6.92 Å². The number of benzene rings is 1. The lowest BCUT2D eigenvalue weighted by molar-refractivity contribution is 0.570. The van der Waals surface area contributed by atoms with Gasteiger partial charge in [0.2, 0.25) is 0 Å². The van der Waals surface area contributed by atoms with Crippen molar-refractivity contribution in [2.24, 2.45) is 0 Å². The van der Waals surface area contributed by atoms with Gasteiger partial charge in [-0.2, -0.15) is 10.2 Å². The van der Waals surface area contributed by atoms with E-state index in [2.05, 4.69) is 33.0 Å². The zero-order chi connectivity index (χ0) is 18.4. The van der Waals surface area contributed by atoms with Crippen molar-refractivity contribution in [3.63, 3.8) is 0 Å². The number of nitrogens with one attached hydrogen (secondary N) is 2. The molecule has 0 unspecified atom stereocenters. The molecule has 0 spiro atoms. The summed E-state index contributed by atoms with van der Waals surface area (Å²) in [5, 5.41) is 16.3. The van der Waals surface area contributed by atoms with E-state index in [0.29, 0.717) is 10.1 Å². The highest BCUT2D eigenvalue weighted by molar-refractivity contribution is 7.80. The molecule has 0 saturated heterocycles. The van der Waals surface area contributed by atoms with Gasteiger partial charge < -0.3 is 10.6 Å². The number of halogens is 1. The van der Waals surface area contributed by atoms with Gasteiger partial charge in [0, 0.05) is 25.5 Å². The highest BCUT2D eigenvalue weighted by atomic mass is 35.5. The van der Waals surface area contributed by atoms with Crippen LogP contribution in [0.1, 0.15) is 17.7 Å². The number of aryl methyl sites for hydroxylation is 2. The quantitative estimate of drug-likeness (QED) is 0.479. The van der Waals surface area contributed by atoms with Crippen molar-refractivity contribution < 1.29 is 0 Å². The molecule has 0 radical (unpaired) electrons. The zero-order valence-corrected chi connectivity index (χ0v) is 16.1. The van der Waals surface area contributed by atoms with Crippen LogP contribution < -0.4 is 10.6 Å². The van der Waals surface area contributed by atoms with Crippen molar-refractivity contribution >= 4 is 34.6 Å². The van der Waals surface area contributed by atoms with Crippen LogP contribution >= 0.6 is 23.8 Å². The molecule has 2 heterocycles. The summed E-state index contributed by atoms with van der Waals surface area (Å²) in [6.07, 6.45) is 6.45. The van der Waals surface area contributed by atoms with Crippen LogP contribution in [0.3, 0.4) is 0 Å². The molecule has 3 aromatic rings. The average Bonchev–Trinajstić information content (AvgIpc) is 3.19. The third-order valence-electron chi connectivity index (χ3n) is 3.81. The van der Waals surface area contributed by atoms with Crippen LogP contribution in [0.4, 0.5) is 5.69 Å². The predicted molar refractivity (Wildman–Crippen MR) is 109 cm³/mol. The molecule has 0 aliphatic carbocycles. The fourth-order valence-electron chi connectivity index (χ4n) is 2.51. The first kappa shape index (κ1) is 18.4. The van der Waals surface area contributed by atoms with Crippen LogP contribution in [-0.2, 0) is 13.1 Å². The molecule has 0 amide bonds. The highest BCUT2D eigenvalue weighted by Crippen LogP contribution is 2.12. The first-order valence-electron chi connectivity index (χ1n) is 8.41. The molecule has 8 heteroatoms. The molecular weight excluding hydrogens is 368 g/mol. The zero-order valence-electron chi connectivity index (χ0n) is 14.5. The van der Waals surface area contributed by atoms with Crippen LogP contribution in [-0.4, -0.2) is 31.2 Å². The Hall–Kier alpha value is -2.38. The van der Waals surface area contributed by atoms with Crippen molar-refractivity contribution in [2.75, 3.05) is 11.9 Å². The summed E-state index contributed by atoms with van der Waals surface area (Å²) in [7, 11) is 0. The lowest BCUT2D eigenvalue weighted by Crippen LogP contribution is -2.29. The lowest BCUT2D eigenvalue weighted by Gasteiger charge is -2.08. The minimum Gasteiger partial charge on any atom is -0.362 e. The fourth-order valence-corrected chi connectivity index (χ4v) is 2.88. The van der Waals surface area contributed by atoms with E-state index in [1.54, 1.807) is 6.20 Å². The van der Waals surface area contributed by atoms with E-state index >= 15 is 0 Å². The molecular formula is C18H21ClN6S. The van der Waals surface area contributed by atoms with E-state index in [9.17, 15) is 0 Å². The third-order valence-corrected chi connectivity index (χ3v) is 4.43. The molecule has 136 valence electrons. The summed E-state index contributed by atoms with van der Waals surface area (Å²) in [5.74, 6) is 0. The van der Waals surface area contributed by atoms with E-state index in [1.165, 1.54) is 5.56 Å². The van der Waals surface area contributed by atoms with E-state index in [-0.39, 0.29) is 0 Å². The number of thiocarbonyl (C=S) groups is 1. The predicted octanol–water partition coefficient (Wildman–Crippen LogP) is 3.47. The van der Waals surface area contributed by atoms with Crippen molar-refractivity contribution in [3.05, 3.63) is 65.2 Å². The second-order valence-corrected chi connectivity index (χ2v) is 6.79. The number of hydrogen-bond donors (Lipinski definition) is 2. The van der Waals surface area contributed by atoms with E-state index < -0.39 is 0 Å². The Morgan fingerprint density at radius 1 is 1.19 bits per heavy atom. The maximum Gasteiger partial charge on any atom is 0.170 e. The van der Waals surface area contributed by atoms with Gasteiger partial charge in [-0.05, 0) is 31.1 Å². The first-order chi connectivity index (χ1) is 12.6. The van der Waals surface area contributed by atoms with Crippen LogP contribution in [0.25, 0.3) is 0 Å². The standard InChI is InChI=1S/C18H21ClN6S/c1-14-17(19)13-24(23-14)9-5-8-20-18(26)22-16-10-21-25(12-16)11-15-6-3-2-4-7-15/h2-4,6-7,10,12-13H,5,8-9,11H2,1H3,(H2,20,22,26). The Morgan fingerprint density at radius 2 is 2.00 bits per heavy atom. The molecule has 2 aromatic heterocycles. The number of anilines is 1. The maximum atomic E-state index is 6.00. The Morgan fingerprint density at radius 3 is 2.73 bits per heavy atom. The van der Waals surface area contributed by atoms with Crippen molar-refractivity contribution in [1.29, 1.82) is 0 Å². The summed E-state index contributed by atoms with van der Waals surface area (Å²) in [6.45, 7) is 4.17. The lowest BCUT2D eigenvalue weighted by atomic mass is 10.2. The average molecular weight is 389 g/mol. The Bertz CT molecular complexity index is 838.